The highest BCUT2D eigenvalue weighted by Crippen LogP contribution is 2.45. The van der Waals surface area contributed by atoms with Crippen molar-refractivity contribution in [3.63, 3.8) is 0 Å². The number of thiophene rings is 2. The van der Waals surface area contributed by atoms with E-state index < -0.39 is 7.12 Å². The molecule has 6 aromatic heterocycles. The van der Waals surface area contributed by atoms with Crippen LogP contribution in [0.4, 0.5) is 0 Å². The topological polar surface area (TPSA) is 128 Å². The monoisotopic (exact) mass is 1590 g/mol. The van der Waals surface area contributed by atoms with Gasteiger partial charge in [0.2, 0.25) is 0 Å². The maximum Gasteiger partial charge on any atom is 0.489 e. The van der Waals surface area contributed by atoms with Crippen molar-refractivity contribution >= 4 is 135 Å². The SMILES string of the molecule is Brc1ccc(-c2nc(-c3ccccc3)nc(-c3ccccc3)n2)cc1.OB(O)c1cc(-n2c3ccccc3c3ccc(-c4ccccc4)cc32)cc2c1sc1ccccc12.c1ccc(-c2ccc3c4ccccc4n(-c4cc(-c5ccc(-c6nc(-c7ccccc7)nc(-c7ccccc7)n6)cc5)c5sc6ccccc6c5c4)c3c2)cc1. The van der Waals surface area contributed by atoms with Gasteiger partial charge in [-0.1, -0.05) is 331 Å². The maximum atomic E-state index is 10.3. The summed E-state index contributed by atoms with van der Waals surface area (Å²) in [5, 5.41) is 30.2. The number of nitrogens with zero attached hydrogens (tertiary/aromatic N) is 8. The summed E-state index contributed by atoms with van der Waals surface area (Å²) >= 11 is 6.92. The van der Waals surface area contributed by atoms with E-state index in [4.69, 9.17) is 24.9 Å². The molecular weight excluding hydrogens is 1520 g/mol. The highest BCUT2D eigenvalue weighted by atomic mass is 79.9. The van der Waals surface area contributed by atoms with Gasteiger partial charge in [0.05, 0.1) is 22.1 Å². The van der Waals surface area contributed by atoms with Crippen molar-refractivity contribution in [1.82, 2.24) is 39.0 Å². The summed E-state index contributed by atoms with van der Waals surface area (Å²) in [7, 11) is -1.56. The summed E-state index contributed by atoms with van der Waals surface area (Å²) in [5.74, 6) is 3.96. The zero-order valence-corrected chi connectivity index (χ0v) is 65.4. The molecule has 0 bridgehead atoms. The van der Waals surface area contributed by atoms with Gasteiger partial charge in [-0.25, -0.2) is 29.9 Å². The van der Waals surface area contributed by atoms with E-state index in [1.165, 1.54) is 69.4 Å². The molecule has 0 unspecified atom stereocenters. The predicted molar refractivity (Wildman–Crippen MR) is 487 cm³/mol. The summed E-state index contributed by atoms with van der Waals surface area (Å²) in [4.78, 5) is 28.9. The summed E-state index contributed by atoms with van der Waals surface area (Å²) < 4.78 is 10.3. The van der Waals surface area contributed by atoms with Crippen molar-refractivity contribution in [1.29, 1.82) is 0 Å². The second kappa shape index (κ2) is 30.9. The second-order valence-corrected chi connectivity index (χ2v) is 31.4. The Labute approximate surface area is 684 Å². The number of halogens is 1. The zero-order valence-electron chi connectivity index (χ0n) is 62.2. The lowest BCUT2D eigenvalue weighted by Gasteiger charge is -2.13. The minimum absolute atomic E-state index is 0.531. The first-order valence-corrected chi connectivity index (χ1v) is 40.7. The van der Waals surface area contributed by atoms with Crippen LogP contribution in [-0.4, -0.2) is 56.2 Å². The first-order valence-electron chi connectivity index (χ1n) is 38.3. The van der Waals surface area contributed by atoms with Gasteiger partial charge in [0, 0.05) is 122 Å². The third kappa shape index (κ3) is 13.7. The Hall–Kier alpha value is -14.0. The Morgan fingerprint density at radius 3 is 0.922 bits per heavy atom. The lowest BCUT2D eigenvalue weighted by Crippen LogP contribution is -2.30. The number of para-hydroxylation sites is 2. The molecule has 0 saturated carbocycles. The summed E-state index contributed by atoms with van der Waals surface area (Å²) in [6.07, 6.45) is 0. The maximum absolute atomic E-state index is 10.3. The van der Waals surface area contributed by atoms with Crippen LogP contribution >= 0.6 is 38.6 Å². The highest BCUT2D eigenvalue weighted by Gasteiger charge is 2.24. The van der Waals surface area contributed by atoms with Gasteiger partial charge in [-0.05, 0) is 101 Å². The van der Waals surface area contributed by atoms with Crippen molar-refractivity contribution in [3.8, 4) is 113 Å². The summed E-state index contributed by atoms with van der Waals surface area (Å²) in [5.41, 5.74) is 19.9. The largest absolute Gasteiger partial charge is 0.489 e. The van der Waals surface area contributed by atoms with Crippen LogP contribution in [0.25, 0.3) is 197 Å². The molecule has 0 amide bonds. The second-order valence-electron chi connectivity index (χ2n) is 28.4. The predicted octanol–water partition coefficient (Wildman–Crippen LogP) is 25.8. The van der Waals surface area contributed by atoms with Gasteiger partial charge in [-0.15, -0.1) is 22.7 Å². The molecule has 0 fully saturated rings. The molecule has 548 valence electrons. The van der Waals surface area contributed by atoms with Crippen LogP contribution < -0.4 is 5.46 Å². The van der Waals surface area contributed by atoms with E-state index in [0.29, 0.717) is 40.4 Å². The Morgan fingerprint density at radius 1 is 0.233 bits per heavy atom. The fraction of sp³-hybridized carbons (Fsp3) is 0. The van der Waals surface area contributed by atoms with Gasteiger partial charge in [0.1, 0.15) is 0 Å². The van der Waals surface area contributed by atoms with E-state index in [9.17, 15) is 10.0 Å². The molecule has 0 atom stereocenters. The van der Waals surface area contributed by atoms with E-state index in [1.54, 1.807) is 11.3 Å². The van der Waals surface area contributed by atoms with Crippen LogP contribution in [-0.2, 0) is 0 Å². The molecule has 14 heteroatoms. The van der Waals surface area contributed by atoms with Crippen LogP contribution in [0.5, 0.6) is 0 Å². The number of hydrogen-bond acceptors (Lipinski definition) is 10. The Kier molecular flexibility index (Phi) is 18.9. The van der Waals surface area contributed by atoms with E-state index in [0.717, 1.165) is 97.1 Å². The molecule has 22 rings (SSSR count). The van der Waals surface area contributed by atoms with Crippen LogP contribution in [0, 0.1) is 0 Å². The molecule has 0 spiro atoms. The van der Waals surface area contributed by atoms with Crippen LogP contribution in [0.3, 0.4) is 0 Å². The zero-order chi connectivity index (χ0) is 77.6. The molecule has 0 aliphatic carbocycles. The first-order chi connectivity index (χ1) is 57.2. The standard InChI is InChI=1S/C51H32N4S.C30H20BNO2S.C21H14BrN3/c1-4-14-33(15-5-1)38-28-29-41-40-20-10-12-22-45(40)55(46(41)30-38)39-31-43(48-44(32-39)42-21-11-13-23-47(42)56-48)34-24-26-37(27-25-34)51-53-49(35-16-6-2-7-17-35)52-50(54-51)36-18-8-3-9-19-36;33-31(34)26-18-21(17-25-24-11-5-7-13-29(24)35-30(25)26)32-27-12-6-4-10-22(27)23-15-14-20(16-28(23)32)19-8-2-1-3-9-19;22-18-13-11-17(12-14-18)21-24-19(15-7-3-1-4-8-15)23-20(25-21)16-9-5-2-6-10-16/h1-32H;1-18,33-34H;1-14H. The number of aromatic nitrogens is 8. The van der Waals surface area contributed by atoms with Gasteiger partial charge in [0.25, 0.3) is 0 Å². The molecule has 0 aliphatic rings. The molecule has 0 radical (unpaired) electrons. The van der Waals surface area contributed by atoms with Gasteiger partial charge in [-0.3, -0.25) is 0 Å². The molecule has 2 N–H and O–H groups in total. The van der Waals surface area contributed by atoms with Crippen molar-refractivity contribution < 1.29 is 10.0 Å². The van der Waals surface area contributed by atoms with Gasteiger partial charge in [-0.2, -0.15) is 0 Å². The molecule has 116 heavy (non-hydrogen) atoms. The van der Waals surface area contributed by atoms with Crippen molar-refractivity contribution in [2.45, 2.75) is 0 Å². The average molecular weight is 1590 g/mol. The third-order valence-corrected chi connectivity index (χ3v) is 24.3. The summed E-state index contributed by atoms with van der Waals surface area (Å²) in [6.45, 7) is 0. The number of hydrogen-bond donors (Lipinski definition) is 2. The van der Waals surface area contributed by atoms with Crippen molar-refractivity contribution in [3.05, 3.63) is 393 Å². The van der Waals surface area contributed by atoms with Crippen molar-refractivity contribution in [2.75, 3.05) is 0 Å². The molecule has 0 saturated heterocycles. The van der Waals surface area contributed by atoms with E-state index >= 15 is 0 Å². The Balaban J connectivity index is 0.000000123. The molecule has 6 heterocycles. The quantitative estimate of drug-likeness (QED) is 0.116. The van der Waals surface area contributed by atoms with Gasteiger partial charge < -0.3 is 19.2 Å². The van der Waals surface area contributed by atoms with Crippen LogP contribution in [0.15, 0.2) is 393 Å². The molecule has 0 aliphatic heterocycles. The van der Waals surface area contributed by atoms with E-state index in [2.05, 4.69) is 248 Å². The molecule has 10 nitrogen and oxygen atoms in total. The minimum Gasteiger partial charge on any atom is -0.423 e. The smallest absolute Gasteiger partial charge is 0.423 e. The van der Waals surface area contributed by atoms with E-state index in [1.807, 2.05) is 181 Å². The van der Waals surface area contributed by atoms with Crippen LogP contribution in [0.1, 0.15) is 0 Å². The van der Waals surface area contributed by atoms with Gasteiger partial charge >= 0.3 is 7.12 Å². The lowest BCUT2D eigenvalue weighted by molar-refractivity contribution is 0.426. The number of benzene rings is 16. The average Bonchev–Trinajstić information content (AvgIpc) is 1.58. The highest BCUT2D eigenvalue weighted by molar-refractivity contribution is 9.10. The van der Waals surface area contributed by atoms with Crippen molar-refractivity contribution in [2.24, 2.45) is 0 Å². The fourth-order valence-electron chi connectivity index (χ4n) is 15.7. The first kappa shape index (κ1) is 71.1. The van der Waals surface area contributed by atoms with Gasteiger partial charge in [0.15, 0.2) is 34.9 Å². The Bertz CT molecular complexity index is 7300. The fourth-order valence-corrected chi connectivity index (χ4v) is 18.4. The third-order valence-electron chi connectivity index (χ3n) is 21.3. The van der Waals surface area contributed by atoms with Crippen LogP contribution in [0.2, 0.25) is 0 Å². The Morgan fingerprint density at radius 2 is 0.526 bits per heavy atom. The minimum atomic E-state index is -1.56. The molecule has 22 aromatic rings. The summed E-state index contributed by atoms with van der Waals surface area (Å²) in [6, 6.07) is 134. The van der Waals surface area contributed by atoms with E-state index in [-0.39, 0.29) is 0 Å². The lowest BCUT2D eigenvalue weighted by atomic mass is 9.79. The number of rotatable bonds is 12. The normalized spacial score (nSPS) is 11.4. The number of fused-ring (bicyclic) bond motifs is 12. The molecular formula is C102H66BBrN8O2S2. The molecule has 16 aromatic carbocycles.